The number of ether oxygens (including phenoxy) is 2. The fourth-order valence-corrected chi connectivity index (χ4v) is 8.65. The van der Waals surface area contributed by atoms with Gasteiger partial charge in [-0.15, -0.1) is 0 Å². The first kappa shape index (κ1) is 35.3. The molecule has 1 aromatic heterocycles. The lowest BCUT2D eigenvalue weighted by molar-refractivity contribution is -0.170. The number of aromatic nitrogens is 1. The average Bonchev–Trinajstić information content (AvgIpc) is 3.43. The fourth-order valence-electron chi connectivity index (χ4n) is 5.62. The first-order valence-corrected chi connectivity index (χ1v) is 16.9. The average molecular weight is 746 g/mol. The van der Waals surface area contributed by atoms with E-state index in [1.807, 2.05) is 0 Å². The Kier molecular flexibility index (Phi) is 9.86. The number of carbonyl (C=O) groups excluding carboxylic acids is 2. The van der Waals surface area contributed by atoms with E-state index >= 15 is 0 Å². The summed E-state index contributed by atoms with van der Waals surface area (Å²) in [5.74, 6) is -3.99. The number of pyridine rings is 1. The van der Waals surface area contributed by atoms with Crippen LogP contribution < -0.4 is 10.6 Å². The van der Waals surface area contributed by atoms with Crippen LogP contribution in [0.1, 0.15) is 36.7 Å². The summed E-state index contributed by atoms with van der Waals surface area (Å²) >= 11 is 24.3. The number of nitrogens with zero attached hydrogens (tertiary/aromatic N) is 2. The summed E-state index contributed by atoms with van der Waals surface area (Å²) in [6.07, 6.45) is 0.467. The Morgan fingerprint density at radius 1 is 1.00 bits per heavy atom. The van der Waals surface area contributed by atoms with Crippen molar-refractivity contribution in [3.05, 3.63) is 86.1 Å². The lowest BCUT2D eigenvalue weighted by Gasteiger charge is -2.37. The minimum atomic E-state index is -4.43. The quantitative estimate of drug-likeness (QED) is 0.272. The molecule has 0 bridgehead atoms. The third-order valence-corrected chi connectivity index (χ3v) is 10.8. The van der Waals surface area contributed by atoms with Crippen LogP contribution in [0.2, 0.25) is 20.1 Å². The predicted octanol–water partition coefficient (Wildman–Crippen LogP) is 5.04. The van der Waals surface area contributed by atoms with Gasteiger partial charge in [0.15, 0.2) is 5.79 Å². The number of nitrogens with one attached hydrogen (secondary N) is 2. The number of carboxylic acids is 1. The molecule has 2 aliphatic rings. The molecule has 250 valence electrons. The maximum atomic E-state index is 14.1. The largest absolute Gasteiger partial charge is 0.480 e. The van der Waals surface area contributed by atoms with Crippen molar-refractivity contribution in [3.8, 4) is 0 Å². The summed E-state index contributed by atoms with van der Waals surface area (Å²) in [6.45, 7) is 4.36. The molecule has 0 saturated carbocycles. The van der Waals surface area contributed by atoms with Crippen LogP contribution in [-0.4, -0.2) is 76.7 Å². The fraction of sp³-hybridized carbons (Fsp3) is 0.333. The second-order valence-electron chi connectivity index (χ2n) is 11.6. The van der Waals surface area contributed by atoms with E-state index in [0.717, 1.165) is 4.31 Å². The molecule has 0 radical (unpaired) electrons. The molecule has 3 N–H and O–H groups in total. The minimum Gasteiger partial charge on any atom is -0.480 e. The number of amides is 2. The van der Waals surface area contributed by atoms with Crippen LogP contribution in [0.25, 0.3) is 0 Å². The van der Waals surface area contributed by atoms with E-state index in [2.05, 4.69) is 15.6 Å². The van der Waals surface area contributed by atoms with E-state index in [-0.39, 0.29) is 43.5 Å². The minimum absolute atomic E-state index is 0.0401. The molecule has 47 heavy (non-hydrogen) atoms. The molecule has 12 nitrogen and oxygen atoms in total. The monoisotopic (exact) mass is 744 g/mol. The molecule has 2 saturated heterocycles. The second-order valence-corrected chi connectivity index (χ2v) is 15.1. The van der Waals surface area contributed by atoms with Crippen molar-refractivity contribution in [1.29, 1.82) is 0 Å². The highest BCUT2D eigenvalue weighted by Crippen LogP contribution is 2.45. The molecule has 2 aliphatic heterocycles. The highest BCUT2D eigenvalue weighted by atomic mass is 35.5. The van der Waals surface area contributed by atoms with Crippen molar-refractivity contribution in [3.63, 3.8) is 0 Å². The maximum Gasteiger partial charge on any atom is 0.326 e. The molecule has 0 spiro atoms. The maximum absolute atomic E-state index is 14.1. The predicted molar refractivity (Wildman–Crippen MR) is 175 cm³/mol. The number of sulfonamides is 1. The third-order valence-electron chi connectivity index (χ3n) is 7.82. The Hall–Kier alpha value is -3.01. The number of carboxylic acid groups (broad SMARTS) is 1. The van der Waals surface area contributed by atoms with Gasteiger partial charge in [0.1, 0.15) is 23.8 Å². The number of rotatable bonds is 9. The van der Waals surface area contributed by atoms with Crippen LogP contribution in [0.5, 0.6) is 0 Å². The van der Waals surface area contributed by atoms with Crippen LogP contribution >= 0.6 is 46.4 Å². The van der Waals surface area contributed by atoms with E-state index in [9.17, 15) is 27.9 Å². The van der Waals surface area contributed by atoms with Gasteiger partial charge in [0.2, 0.25) is 15.9 Å². The van der Waals surface area contributed by atoms with E-state index < -0.39 is 57.4 Å². The number of benzene rings is 2. The number of carbonyl (C=O) groups is 3. The Bertz CT molecular complexity index is 1820. The normalized spacial score (nSPS) is 22.8. The van der Waals surface area contributed by atoms with Crippen molar-refractivity contribution in [2.45, 2.75) is 61.7 Å². The van der Waals surface area contributed by atoms with Gasteiger partial charge in [-0.05, 0) is 56.7 Å². The Morgan fingerprint density at radius 3 is 2.17 bits per heavy atom. The zero-order chi connectivity index (χ0) is 34.5. The molecule has 17 heteroatoms. The van der Waals surface area contributed by atoms with E-state index in [0.29, 0.717) is 11.3 Å². The molecule has 2 amide bonds. The summed E-state index contributed by atoms with van der Waals surface area (Å²) in [5.41, 5.74) is -1.04. The van der Waals surface area contributed by atoms with E-state index in [1.165, 1.54) is 49.6 Å². The standard InChI is InChI=1S/C30H28Cl4N4O8S/c1-29(2)45-23-14-38(47(43,44)19-10-16(31)9-17(32)11-19)30(3,25(23)46-29)28(42)37-22(27(40)41)8-15-4-6-18(7-5-15)36-26(39)24-20(33)12-35-13-21(24)34/h4-7,9-13,22-23,25H,8,14H2,1-3H3,(H,36,39)(H,37,42)(H,40,41)/t22-,23?,25?,30-/m0/s1. The highest BCUT2D eigenvalue weighted by Gasteiger charge is 2.66. The van der Waals surface area contributed by atoms with Gasteiger partial charge in [0, 0.05) is 41.1 Å². The van der Waals surface area contributed by atoms with Crippen molar-refractivity contribution in [2.75, 3.05) is 11.9 Å². The Balaban J connectivity index is 1.38. The molecule has 3 aromatic rings. The molecular weight excluding hydrogens is 718 g/mol. The molecule has 5 rings (SSSR count). The zero-order valence-electron chi connectivity index (χ0n) is 25.0. The summed E-state index contributed by atoms with van der Waals surface area (Å²) in [4.78, 5) is 42.7. The molecule has 4 atom stereocenters. The zero-order valence-corrected chi connectivity index (χ0v) is 28.8. The summed E-state index contributed by atoms with van der Waals surface area (Å²) < 4.78 is 40.8. The first-order chi connectivity index (χ1) is 21.9. The SMILES string of the molecule is CC1(C)OC2CN(S(=O)(=O)c3cc(Cl)cc(Cl)c3)[C@](C)(C(=O)N[C@@H](Cc3ccc(NC(=O)c4c(Cl)cncc4Cl)cc3)C(=O)O)C2O1. The van der Waals surface area contributed by atoms with Crippen LogP contribution in [0.15, 0.2) is 59.8 Å². The van der Waals surface area contributed by atoms with Crippen molar-refractivity contribution < 1.29 is 37.4 Å². The Morgan fingerprint density at radius 2 is 1.60 bits per heavy atom. The van der Waals surface area contributed by atoms with Crippen LogP contribution in [0.4, 0.5) is 5.69 Å². The van der Waals surface area contributed by atoms with Crippen LogP contribution in [-0.2, 0) is 35.5 Å². The Labute approximate surface area is 290 Å². The van der Waals surface area contributed by atoms with Crippen molar-refractivity contribution in [2.24, 2.45) is 0 Å². The number of hydrogen-bond donors (Lipinski definition) is 3. The molecular formula is C30H28Cl4N4O8S. The van der Waals surface area contributed by atoms with Gasteiger partial charge in [-0.25, -0.2) is 13.2 Å². The number of anilines is 1. The van der Waals surface area contributed by atoms with Gasteiger partial charge in [0.05, 0.1) is 20.5 Å². The molecule has 2 unspecified atom stereocenters. The van der Waals surface area contributed by atoms with Gasteiger partial charge in [-0.1, -0.05) is 58.5 Å². The first-order valence-electron chi connectivity index (χ1n) is 14.0. The number of hydrogen-bond acceptors (Lipinski definition) is 8. The second kappa shape index (κ2) is 13.1. The highest BCUT2D eigenvalue weighted by molar-refractivity contribution is 7.89. The van der Waals surface area contributed by atoms with E-state index in [1.54, 1.807) is 26.0 Å². The summed E-state index contributed by atoms with van der Waals surface area (Å²) in [5, 5.41) is 15.5. The smallest absolute Gasteiger partial charge is 0.326 e. The molecule has 2 aromatic carbocycles. The van der Waals surface area contributed by atoms with E-state index in [4.69, 9.17) is 55.9 Å². The number of halogens is 4. The summed E-state index contributed by atoms with van der Waals surface area (Å²) in [6, 6.07) is 8.50. The van der Waals surface area contributed by atoms with Crippen molar-refractivity contribution in [1.82, 2.24) is 14.6 Å². The van der Waals surface area contributed by atoms with Gasteiger partial charge < -0.3 is 25.2 Å². The molecule has 0 aliphatic carbocycles. The topological polar surface area (TPSA) is 164 Å². The lowest BCUT2D eigenvalue weighted by atomic mass is 9.93. The van der Waals surface area contributed by atoms with Gasteiger partial charge >= 0.3 is 5.97 Å². The molecule has 2 fully saturated rings. The van der Waals surface area contributed by atoms with Crippen molar-refractivity contribution >= 4 is 79.9 Å². The number of aliphatic carboxylic acids is 1. The van der Waals surface area contributed by atoms with Crippen LogP contribution in [0, 0.1) is 0 Å². The van der Waals surface area contributed by atoms with Gasteiger partial charge in [0.25, 0.3) is 5.91 Å². The molecule has 3 heterocycles. The van der Waals surface area contributed by atoms with Crippen LogP contribution in [0.3, 0.4) is 0 Å². The number of fused-ring (bicyclic) bond motifs is 1. The summed E-state index contributed by atoms with van der Waals surface area (Å²) in [7, 11) is -4.43. The van der Waals surface area contributed by atoms with Gasteiger partial charge in [-0.3, -0.25) is 14.6 Å². The lowest BCUT2D eigenvalue weighted by Crippen LogP contribution is -2.63. The van der Waals surface area contributed by atoms with Gasteiger partial charge in [-0.2, -0.15) is 4.31 Å². The third kappa shape index (κ3) is 7.08.